The van der Waals surface area contributed by atoms with Crippen LogP contribution in [0, 0.1) is 6.92 Å². The Morgan fingerprint density at radius 1 is 1.50 bits per heavy atom. The van der Waals surface area contributed by atoms with Gasteiger partial charge in [-0.15, -0.1) is 11.3 Å². The van der Waals surface area contributed by atoms with Crippen molar-refractivity contribution in [1.82, 2.24) is 14.8 Å². The average molecular weight is 265 g/mol. The highest BCUT2D eigenvalue weighted by atomic mass is 32.1. The zero-order valence-corrected chi connectivity index (χ0v) is 11.8. The molecule has 0 saturated carbocycles. The molecule has 1 N–H and O–H groups in total. The Morgan fingerprint density at radius 2 is 2.28 bits per heavy atom. The summed E-state index contributed by atoms with van der Waals surface area (Å²) in [4.78, 5) is 5.10. The molecule has 0 aromatic carbocycles. The number of rotatable bonds is 5. The van der Waals surface area contributed by atoms with Crippen molar-refractivity contribution in [3.05, 3.63) is 34.0 Å². The van der Waals surface area contributed by atoms with E-state index in [0.717, 1.165) is 22.7 Å². The second-order valence-corrected chi connectivity index (χ2v) is 5.45. The molecule has 2 heterocycles. The largest absolute Gasteiger partial charge is 0.387 e. The molecule has 2 atom stereocenters. The van der Waals surface area contributed by atoms with Crippen LogP contribution in [0.3, 0.4) is 0 Å². The first-order valence-electron chi connectivity index (χ1n) is 6.24. The van der Waals surface area contributed by atoms with Gasteiger partial charge in [0.2, 0.25) is 0 Å². The summed E-state index contributed by atoms with van der Waals surface area (Å²) in [7, 11) is 0. The van der Waals surface area contributed by atoms with Crippen molar-refractivity contribution < 1.29 is 5.11 Å². The minimum atomic E-state index is -0.502. The minimum absolute atomic E-state index is 0.404. The van der Waals surface area contributed by atoms with Crippen molar-refractivity contribution in [1.29, 1.82) is 0 Å². The first-order chi connectivity index (χ1) is 8.61. The Morgan fingerprint density at radius 3 is 2.89 bits per heavy atom. The van der Waals surface area contributed by atoms with Gasteiger partial charge < -0.3 is 5.11 Å². The fourth-order valence-corrected chi connectivity index (χ4v) is 2.63. The highest BCUT2D eigenvalue weighted by Crippen LogP contribution is 2.24. The minimum Gasteiger partial charge on any atom is -0.387 e. The van der Waals surface area contributed by atoms with E-state index in [9.17, 15) is 5.11 Å². The molecule has 18 heavy (non-hydrogen) atoms. The highest BCUT2D eigenvalue weighted by molar-refractivity contribution is 7.09. The summed E-state index contributed by atoms with van der Waals surface area (Å²) in [5, 5.41) is 14.7. The quantitative estimate of drug-likeness (QED) is 0.904. The fourth-order valence-electron chi connectivity index (χ4n) is 1.84. The first-order valence-corrected chi connectivity index (χ1v) is 7.11. The van der Waals surface area contributed by atoms with Crippen LogP contribution in [-0.2, 0) is 6.42 Å². The molecule has 0 saturated heterocycles. The van der Waals surface area contributed by atoms with Crippen LogP contribution >= 0.6 is 11.3 Å². The van der Waals surface area contributed by atoms with Gasteiger partial charge in [-0.05, 0) is 26.3 Å². The zero-order chi connectivity index (χ0) is 13.1. The lowest BCUT2D eigenvalue weighted by Gasteiger charge is -2.09. The van der Waals surface area contributed by atoms with E-state index in [4.69, 9.17) is 0 Å². The molecule has 0 spiro atoms. The molecule has 0 aliphatic carbocycles. The molecule has 2 aromatic heterocycles. The molecule has 0 fully saturated rings. The van der Waals surface area contributed by atoms with Crippen molar-refractivity contribution >= 4 is 11.3 Å². The smallest absolute Gasteiger partial charge is 0.0956 e. The van der Waals surface area contributed by atoms with Crippen molar-refractivity contribution in [3.8, 4) is 0 Å². The molecule has 0 aliphatic heterocycles. The molecule has 0 aliphatic rings. The van der Waals surface area contributed by atoms with Gasteiger partial charge in [-0.25, -0.2) is 4.98 Å². The SMILES string of the molecule is CCC(C)n1ccc(CC(O)c2scnc2C)n1. The lowest BCUT2D eigenvalue weighted by Crippen LogP contribution is -2.07. The number of aliphatic hydroxyl groups is 1. The van der Waals surface area contributed by atoms with E-state index < -0.39 is 6.10 Å². The number of nitrogens with zero attached hydrogens (tertiary/aromatic N) is 3. The monoisotopic (exact) mass is 265 g/mol. The number of thiazole rings is 1. The Labute approximate surface area is 111 Å². The van der Waals surface area contributed by atoms with E-state index in [0.29, 0.717) is 12.5 Å². The Balaban J connectivity index is 2.06. The summed E-state index contributed by atoms with van der Waals surface area (Å²) in [6.45, 7) is 6.20. The molecular formula is C13H19N3OS. The third kappa shape index (κ3) is 2.79. The molecular weight excluding hydrogens is 246 g/mol. The lowest BCUT2D eigenvalue weighted by molar-refractivity contribution is 0.179. The predicted molar refractivity (Wildman–Crippen MR) is 72.7 cm³/mol. The van der Waals surface area contributed by atoms with E-state index in [2.05, 4.69) is 23.9 Å². The Hall–Kier alpha value is -1.20. The van der Waals surface area contributed by atoms with Crippen LogP contribution < -0.4 is 0 Å². The number of hydrogen-bond acceptors (Lipinski definition) is 4. The number of aryl methyl sites for hydroxylation is 1. The average Bonchev–Trinajstić information content (AvgIpc) is 2.97. The van der Waals surface area contributed by atoms with Crippen LogP contribution in [0.1, 0.15) is 48.7 Å². The standard InChI is InChI=1S/C13H19N3OS/c1-4-9(2)16-6-5-11(15-16)7-12(17)13-10(3)14-8-18-13/h5-6,8-9,12,17H,4,7H2,1-3H3. The van der Waals surface area contributed by atoms with Crippen molar-refractivity contribution in [2.24, 2.45) is 0 Å². The van der Waals surface area contributed by atoms with E-state index >= 15 is 0 Å². The summed E-state index contributed by atoms with van der Waals surface area (Å²) < 4.78 is 1.96. The fraction of sp³-hybridized carbons (Fsp3) is 0.538. The van der Waals surface area contributed by atoms with Gasteiger partial charge in [0.25, 0.3) is 0 Å². The lowest BCUT2D eigenvalue weighted by atomic mass is 10.1. The Bertz CT molecular complexity index is 506. The zero-order valence-electron chi connectivity index (χ0n) is 11.0. The number of aromatic nitrogens is 3. The van der Waals surface area contributed by atoms with Gasteiger partial charge >= 0.3 is 0 Å². The highest BCUT2D eigenvalue weighted by Gasteiger charge is 2.15. The number of hydrogen-bond donors (Lipinski definition) is 1. The summed E-state index contributed by atoms with van der Waals surface area (Å²) in [5.74, 6) is 0. The van der Waals surface area contributed by atoms with E-state index in [1.54, 1.807) is 5.51 Å². The molecule has 2 aromatic rings. The van der Waals surface area contributed by atoms with Crippen molar-refractivity contribution in [2.75, 3.05) is 0 Å². The van der Waals surface area contributed by atoms with Crippen molar-refractivity contribution in [2.45, 2.75) is 45.8 Å². The third-order valence-electron chi connectivity index (χ3n) is 3.19. The maximum absolute atomic E-state index is 10.2. The van der Waals surface area contributed by atoms with E-state index in [-0.39, 0.29) is 0 Å². The van der Waals surface area contributed by atoms with Gasteiger partial charge in [-0.3, -0.25) is 4.68 Å². The molecule has 98 valence electrons. The van der Waals surface area contributed by atoms with Crippen LogP contribution in [-0.4, -0.2) is 19.9 Å². The van der Waals surface area contributed by atoms with E-state index in [1.807, 2.05) is 23.9 Å². The summed E-state index contributed by atoms with van der Waals surface area (Å²) in [6.07, 6.45) is 3.08. The van der Waals surface area contributed by atoms with Crippen LogP contribution in [0.15, 0.2) is 17.8 Å². The van der Waals surface area contributed by atoms with Crippen molar-refractivity contribution in [3.63, 3.8) is 0 Å². The van der Waals surface area contributed by atoms with Gasteiger partial charge in [0.15, 0.2) is 0 Å². The third-order valence-corrected chi connectivity index (χ3v) is 4.23. The second-order valence-electron chi connectivity index (χ2n) is 4.57. The van der Waals surface area contributed by atoms with Crippen LogP contribution in [0.2, 0.25) is 0 Å². The van der Waals surface area contributed by atoms with E-state index in [1.165, 1.54) is 11.3 Å². The van der Waals surface area contributed by atoms with Gasteiger partial charge in [-0.2, -0.15) is 5.10 Å². The normalized spacial score (nSPS) is 14.7. The van der Waals surface area contributed by atoms with Gasteiger partial charge in [0, 0.05) is 18.7 Å². The molecule has 0 amide bonds. The molecule has 5 heteroatoms. The molecule has 4 nitrogen and oxygen atoms in total. The summed E-state index contributed by atoms with van der Waals surface area (Å²) in [6, 6.07) is 2.38. The van der Waals surface area contributed by atoms with Gasteiger partial charge in [-0.1, -0.05) is 6.92 Å². The maximum Gasteiger partial charge on any atom is 0.0956 e. The van der Waals surface area contributed by atoms with Gasteiger partial charge in [0.05, 0.1) is 27.9 Å². The summed E-state index contributed by atoms with van der Waals surface area (Å²) >= 11 is 1.50. The summed E-state index contributed by atoms with van der Waals surface area (Å²) in [5.41, 5.74) is 3.61. The van der Waals surface area contributed by atoms with Gasteiger partial charge in [0.1, 0.15) is 0 Å². The molecule has 2 unspecified atom stereocenters. The topological polar surface area (TPSA) is 50.9 Å². The molecule has 0 radical (unpaired) electrons. The van der Waals surface area contributed by atoms with Crippen LogP contribution in [0.4, 0.5) is 0 Å². The molecule has 0 bridgehead atoms. The maximum atomic E-state index is 10.2. The second kappa shape index (κ2) is 5.63. The molecule has 2 rings (SSSR count). The number of aliphatic hydroxyl groups excluding tert-OH is 1. The first kappa shape index (κ1) is 13.2. The van der Waals surface area contributed by atoms with Crippen LogP contribution in [0.25, 0.3) is 0 Å². The van der Waals surface area contributed by atoms with Crippen LogP contribution in [0.5, 0.6) is 0 Å². The predicted octanol–water partition coefficient (Wildman–Crippen LogP) is 2.90. The Kier molecular flexibility index (Phi) is 4.14.